The molecule has 0 amide bonds. The van der Waals surface area contributed by atoms with E-state index in [-0.39, 0.29) is 11.8 Å². The van der Waals surface area contributed by atoms with E-state index < -0.39 is 0 Å². The van der Waals surface area contributed by atoms with Gasteiger partial charge in [0.1, 0.15) is 0 Å². The second kappa shape index (κ2) is 3.78. The summed E-state index contributed by atoms with van der Waals surface area (Å²) in [4.78, 5) is 0. The first-order valence-corrected chi connectivity index (χ1v) is 2.98. The highest BCUT2D eigenvalue weighted by Gasteiger charge is 2.04. The molecule has 0 radical (unpaired) electrons. The van der Waals surface area contributed by atoms with Crippen LogP contribution in [0.15, 0.2) is 0 Å². The van der Waals surface area contributed by atoms with Gasteiger partial charge in [-0.2, -0.15) is 0 Å². The third kappa shape index (κ3) is 2.21. The molecule has 0 rings (SSSR count). The maximum atomic E-state index is 7.04. The summed E-state index contributed by atoms with van der Waals surface area (Å²) in [5, 5.41) is 7.04. The Hall–Kier alpha value is -0.180. The van der Waals surface area contributed by atoms with E-state index in [2.05, 4.69) is 17.1 Å². The average Bonchev–Trinajstić information content (AvgIpc) is 1.84. The molecule has 0 fully saturated rings. The summed E-state index contributed by atoms with van der Waals surface area (Å²) in [7, 11) is 0. The molecule has 1 atom stereocenters. The SMILES string of the molecule is CCC(C)C(=N)OS. The van der Waals surface area contributed by atoms with Crippen LogP contribution in [0.25, 0.3) is 0 Å². The average molecular weight is 133 g/mol. The van der Waals surface area contributed by atoms with Gasteiger partial charge in [0.25, 0.3) is 0 Å². The zero-order chi connectivity index (χ0) is 6.57. The second-order valence-corrected chi connectivity index (χ2v) is 1.95. The van der Waals surface area contributed by atoms with Crippen molar-refractivity contribution in [3.8, 4) is 0 Å². The van der Waals surface area contributed by atoms with E-state index in [4.69, 9.17) is 5.41 Å². The van der Waals surface area contributed by atoms with E-state index >= 15 is 0 Å². The van der Waals surface area contributed by atoms with Crippen LogP contribution in [0.1, 0.15) is 20.3 Å². The lowest BCUT2D eigenvalue weighted by molar-refractivity contribution is 0.553. The first kappa shape index (κ1) is 7.82. The van der Waals surface area contributed by atoms with Gasteiger partial charge in [-0.1, -0.05) is 13.8 Å². The van der Waals surface area contributed by atoms with Crippen molar-refractivity contribution in [3.63, 3.8) is 0 Å². The third-order valence-corrected chi connectivity index (χ3v) is 1.36. The summed E-state index contributed by atoms with van der Waals surface area (Å²) in [6.45, 7) is 3.94. The zero-order valence-electron chi connectivity index (χ0n) is 5.14. The van der Waals surface area contributed by atoms with Gasteiger partial charge in [0.05, 0.1) is 0 Å². The number of hydrogen-bond acceptors (Lipinski definition) is 3. The molecule has 3 heteroatoms. The minimum atomic E-state index is 0.201. The van der Waals surface area contributed by atoms with Crippen LogP contribution < -0.4 is 0 Å². The number of hydrogen-bond donors (Lipinski definition) is 2. The van der Waals surface area contributed by atoms with Gasteiger partial charge in [0.2, 0.25) is 0 Å². The highest BCUT2D eigenvalue weighted by atomic mass is 32.1. The van der Waals surface area contributed by atoms with Crippen LogP contribution in [0, 0.1) is 11.3 Å². The molecule has 0 spiro atoms. The Balaban J connectivity index is 3.46. The maximum Gasteiger partial charge on any atom is 0.198 e. The maximum absolute atomic E-state index is 7.04. The molecule has 2 nitrogen and oxygen atoms in total. The Kier molecular flexibility index (Phi) is 3.69. The van der Waals surface area contributed by atoms with Crippen LogP contribution in [0.5, 0.6) is 0 Å². The molecule has 0 saturated carbocycles. The number of nitrogens with one attached hydrogen (secondary N) is 1. The Morgan fingerprint density at radius 3 is 2.50 bits per heavy atom. The smallest absolute Gasteiger partial charge is 0.198 e. The van der Waals surface area contributed by atoms with Gasteiger partial charge in [-0.3, -0.25) is 5.41 Å². The molecule has 0 saturated heterocycles. The summed E-state index contributed by atoms with van der Waals surface area (Å²) in [5.74, 6) is 0.448. The van der Waals surface area contributed by atoms with Crippen molar-refractivity contribution < 1.29 is 4.18 Å². The van der Waals surface area contributed by atoms with Gasteiger partial charge < -0.3 is 4.18 Å². The van der Waals surface area contributed by atoms with Crippen LogP contribution in [-0.4, -0.2) is 5.90 Å². The zero-order valence-corrected chi connectivity index (χ0v) is 6.03. The van der Waals surface area contributed by atoms with E-state index in [0.29, 0.717) is 0 Å². The molecular formula is C5H11NOS. The Morgan fingerprint density at radius 2 is 2.38 bits per heavy atom. The molecule has 1 N–H and O–H groups in total. The van der Waals surface area contributed by atoms with Gasteiger partial charge in [0, 0.05) is 18.8 Å². The quantitative estimate of drug-likeness (QED) is 0.256. The third-order valence-electron chi connectivity index (χ3n) is 1.16. The molecule has 0 aromatic heterocycles. The Bertz CT molecular complexity index is 84.5. The molecule has 0 aliphatic rings. The predicted octanol–water partition coefficient (Wildman–Crippen LogP) is 1.87. The van der Waals surface area contributed by atoms with E-state index in [1.165, 1.54) is 0 Å². The van der Waals surface area contributed by atoms with Crippen LogP contribution in [0.2, 0.25) is 0 Å². The molecule has 1 unspecified atom stereocenters. The first-order chi connectivity index (χ1) is 3.72. The molecule has 8 heavy (non-hydrogen) atoms. The molecule has 48 valence electrons. The van der Waals surface area contributed by atoms with Gasteiger partial charge >= 0.3 is 0 Å². The minimum absolute atomic E-state index is 0.201. The molecule has 0 heterocycles. The Morgan fingerprint density at radius 1 is 1.88 bits per heavy atom. The lowest BCUT2D eigenvalue weighted by Gasteiger charge is -2.05. The molecular weight excluding hydrogens is 122 g/mol. The largest absolute Gasteiger partial charge is 0.414 e. The monoisotopic (exact) mass is 133 g/mol. The van der Waals surface area contributed by atoms with E-state index in [0.717, 1.165) is 6.42 Å². The fourth-order valence-corrected chi connectivity index (χ4v) is 0.455. The summed E-state index contributed by atoms with van der Waals surface area (Å²) >= 11 is 3.48. The van der Waals surface area contributed by atoms with Crippen molar-refractivity contribution >= 4 is 18.8 Å². The predicted molar refractivity (Wildman–Crippen MR) is 37.3 cm³/mol. The van der Waals surface area contributed by atoms with Crippen molar-refractivity contribution in [2.75, 3.05) is 0 Å². The molecule has 0 bridgehead atoms. The summed E-state index contributed by atoms with van der Waals surface area (Å²) in [5.41, 5.74) is 0. The van der Waals surface area contributed by atoms with Crippen molar-refractivity contribution in [3.05, 3.63) is 0 Å². The van der Waals surface area contributed by atoms with Gasteiger partial charge in [-0.05, 0) is 6.42 Å². The first-order valence-electron chi connectivity index (χ1n) is 2.62. The fraction of sp³-hybridized carbons (Fsp3) is 0.800. The summed E-state index contributed by atoms with van der Waals surface area (Å²) in [6.07, 6.45) is 0.930. The van der Waals surface area contributed by atoms with E-state index in [1.54, 1.807) is 0 Å². The normalized spacial score (nSPS) is 12.9. The van der Waals surface area contributed by atoms with Crippen LogP contribution in [-0.2, 0) is 4.18 Å². The minimum Gasteiger partial charge on any atom is -0.414 e. The van der Waals surface area contributed by atoms with E-state index in [9.17, 15) is 0 Å². The molecule has 0 aromatic rings. The standard InChI is InChI=1S/C5H11NOS/c1-3-4(2)5(6)7-8/h4,6,8H,3H2,1-2H3. The topological polar surface area (TPSA) is 33.1 Å². The van der Waals surface area contributed by atoms with Crippen molar-refractivity contribution in [1.29, 1.82) is 5.41 Å². The molecule has 0 aliphatic heterocycles. The molecule has 0 aliphatic carbocycles. The van der Waals surface area contributed by atoms with Crippen LogP contribution >= 0.6 is 12.9 Å². The number of rotatable bonds is 2. The van der Waals surface area contributed by atoms with Crippen LogP contribution in [0.4, 0.5) is 0 Å². The summed E-state index contributed by atoms with van der Waals surface area (Å²) < 4.78 is 4.38. The molecule has 0 aromatic carbocycles. The highest BCUT2D eigenvalue weighted by Crippen LogP contribution is 2.03. The van der Waals surface area contributed by atoms with Gasteiger partial charge in [0.15, 0.2) is 5.90 Å². The van der Waals surface area contributed by atoms with Crippen molar-refractivity contribution in [2.24, 2.45) is 5.92 Å². The van der Waals surface area contributed by atoms with Crippen molar-refractivity contribution in [2.45, 2.75) is 20.3 Å². The van der Waals surface area contributed by atoms with Crippen molar-refractivity contribution in [1.82, 2.24) is 0 Å². The number of thiol groups is 1. The highest BCUT2D eigenvalue weighted by molar-refractivity contribution is 7.75. The lowest BCUT2D eigenvalue weighted by atomic mass is 10.1. The summed E-state index contributed by atoms with van der Waals surface area (Å²) in [6, 6.07) is 0. The fourth-order valence-electron chi connectivity index (χ4n) is 0.275. The second-order valence-electron chi connectivity index (χ2n) is 1.76. The van der Waals surface area contributed by atoms with Crippen LogP contribution in [0.3, 0.4) is 0 Å². The lowest BCUT2D eigenvalue weighted by Crippen LogP contribution is -2.07. The van der Waals surface area contributed by atoms with Gasteiger partial charge in [-0.25, -0.2) is 0 Å². The van der Waals surface area contributed by atoms with E-state index in [1.807, 2.05) is 13.8 Å². The Labute approximate surface area is 55.4 Å². The van der Waals surface area contributed by atoms with Gasteiger partial charge in [-0.15, -0.1) is 0 Å².